The van der Waals surface area contributed by atoms with E-state index in [2.05, 4.69) is 15.3 Å². The third kappa shape index (κ3) is 3.04. The van der Waals surface area contributed by atoms with Crippen LogP contribution in [-0.2, 0) is 17.8 Å². The second kappa shape index (κ2) is 7.03. The van der Waals surface area contributed by atoms with E-state index < -0.39 is 6.61 Å². The summed E-state index contributed by atoms with van der Waals surface area (Å²) in [7, 11) is 1.81. The molecule has 0 fully saturated rings. The first-order chi connectivity index (χ1) is 13.0. The van der Waals surface area contributed by atoms with Gasteiger partial charge in [0.05, 0.1) is 15.6 Å². The fraction of sp³-hybridized carbons (Fsp3) is 0.263. The SMILES string of the molecule is CNc1ccc(-c2cc(Cl)c(Cl)c3[nH]c4c(c23)CN(C(=O)CO)CC4)cn1. The van der Waals surface area contributed by atoms with Crippen LogP contribution in [0.2, 0.25) is 10.0 Å². The maximum atomic E-state index is 12.0. The number of pyridine rings is 1. The highest BCUT2D eigenvalue weighted by Gasteiger charge is 2.26. The van der Waals surface area contributed by atoms with Crippen LogP contribution in [0.25, 0.3) is 22.0 Å². The van der Waals surface area contributed by atoms with Crippen molar-refractivity contribution in [2.75, 3.05) is 25.5 Å². The van der Waals surface area contributed by atoms with Crippen LogP contribution in [0.15, 0.2) is 24.4 Å². The molecule has 0 aliphatic carbocycles. The quantitative estimate of drug-likeness (QED) is 0.624. The van der Waals surface area contributed by atoms with Crippen LogP contribution in [0.3, 0.4) is 0 Å². The molecule has 0 atom stereocenters. The zero-order chi connectivity index (χ0) is 19.1. The number of hydrogen-bond acceptors (Lipinski definition) is 4. The van der Waals surface area contributed by atoms with E-state index in [1.165, 1.54) is 0 Å². The molecule has 3 heterocycles. The van der Waals surface area contributed by atoms with Crippen molar-refractivity contribution in [2.24, 2.45) is 0 Å². The van der Waals surface area contributed by atoms with E-state index in [-0.39, 0.29) is 5.91 Å². The van der Waals surface area contributed by atoms with Crippen molar-refractivity contribution in [1.29, 1.82) is 0 Å². The fourth-order valence-electron chi connectivity index (χ4n) is 3.58. The van der Waals surface area contributed by atoms with Crippen LogP contribution in [-0.4, -0.2) is 46.1 Å². The van der Waals surface area contributed by atoms with Crippen molar-refractivity contribution in [3.8, 4) is 11.1 Å². The van der Waals surface area contributed by atoms with Crippen LogP contribution in [0, 0.1) is 0 Å². The number of aliphatic hydroxyl groups is 1. The van der Waals surface area contributed by atoms with Gasteiger partial charge in [0.25, 0.3) is 0 Å². The van der Waals surface area contributed by atoms with Crippen molar-refractivity contribution >= 4 is 45.8 Å². The minimum Gasteiger partial charge on any atom is -0.387 e. The molecule has 0 unspecified atom stereocenters. The number of rotatable bonds is 3. The average Bonchev–Trinajstić information content (AvgIpc) is 3.09. The largest absolute Gasteiger partial charge is 0.387 e. The molecule has 1 aromatic carbocycles. The summed E-state index contributed by atoms with van der Waals surface area (Å²) < 4.78 is 0. The molecule has 0 radical (unpaired) electrons. The molecule has 27 heavy (non-hydrogen) atoms. The normalized spacial score (nSPS) is 13.7. The Morgan fingerprint density at radius 3 is 2.89 bits per heavy atom. The number of fused-ring (bicyclic) bond motifs is 3. The molecule has 0 bridgehead atoms. The Bertz CT molecular complexity index is 1030. The first-order valence-corrected chi connectivity index (χ1v) is 9.33. The standard InChI is InChI=1S/C19H18Cl2N4O2/c1-22-15-3-2-10(7-23-15)11-6-13(20)18(21)19-17(11)12-8-25(16(27)9-26)5-4-14(12)24-19/h2-3,6-7,24,26H,4-5,8-9H2,1H3,(H,22,23). The number of H-pyrrole nitrogens is 1. The Balaban J connectivity index is 1.92. The van der Waals surface area contributed by atoms with Gasteiger partial charge in [0.15, 0.2) is 0 Å². The molecule has 0 saturated carbocycles. The number of aromatic amines is 1. The van der Waals surface area contributed by atoms with Gasteiger partial charge in [-0.1, -0.05) is 23.2 Å². The number of anilines is 1. The van der Waals surface area contributed by atoms with E-state index in [0.29, 0.717) is 29.6 Å². The number of aromatic nitrogens is 2. The molecule has 0 spiro atoms. The summed E-state index contributed by atoms with van der Waals surface area (Å²) in [5.74, 6) is 0.488. The molecule has 3 N–H and O–H groups in total. The van der Waals surface area contributed by atoms with Gasteiger partial charge in [0, 0.05) is 55.0 Å². The summed E-state index contributed by atoms with van der Waals surface area (Å²) in [6, 6.07) is 5.70. The molecule has 3 aromatic rings. The number of benzene rings is 1. The minimum absolute atomic E-state index is 0.281. The summed E-state index contributed by atoms with van der Waals surface area (Å²) in [5, 5.41) is 14.1. The molecule has 4 rings (SSSR count). The third-order valence-corrected chi connectivity index (χ3v) is 5.75. The second-order valence-electron chi connectivity index (χ2n) is 6.46. The Hall–Kier alpha value is -2.28. The predicted octanol–water partition coefficient (Wildman–Crippen LogP) is 3.46. The lowest BCUT2D eigenvalue weighted by atomic mass is 9.97. The van der Waals surface area contributed by atoms with E-state index in [9.17, 15) is 9.90 Å². The number of hydrogen-bond donors (Lipinski definition) is 3. The highest BCUT2D eigenvalue weighted by molar-refractivity contribution is 6.45. The number of carbonyl (C=O) groups excluding carboxylic acids is 1. The summed E-state index contributed by atoms with van der Waals surface area (Å²) >= 11 is 12.9. The van der Waals surface area contributed by atoms with E-state index in [1.807, 2.05) is 25.2 Å². The summed E-state index contributed by atoms with van der Waals surface area (Å²) in [4.78, 5) is 21.4. The van der Waals surface area contributed by atoms with Crippen molar-refractivity contribution < 1.29 is 9.90 Å². The fourth-order valence-corrected chi connectivity index (χ4v) is 3.98. The lowest BCUT2D eigenvalue weighted by molar-refractivity contribution is -0.135. The first kappa shape index (κ1) is 18.1. The topological polar surface area (TPSA) is 81.2 Å². The van der Waals surface area contributed by atoms with Crippen LogP contribution in [0.1, 0.15) is 11.3 Å². The molecule has 6 nitrogen and oxygen atoms in total. The molecule has 1 amide bonds. The third-order valence-electron chi connectivity index (χ3n) is 4.96. The molecule has 1 aliphatic rings. The zero-order valence-electron chi connectivity index (χ0n) is 14.6. The van der Waals surface area contributed by atoms with Crippen LogP contribution in [0.4, 0.5) is 5.82 Å². The Morgan fingerprint density at radius 1 is 1.41 bits per heavy atom. The van der Waals surface area contributed by atoms with Crippen LogP contribution < -0.4 is 5.32 Å². The molecule has 0 saturated heterocycles. The van der Waals surface area contributed by atoms with Gasteiger partial charge >= 0.3 is 0 Å². The van der Waals surface area contributed by atoms with Gasteiger partial charge in [-0.15, -0.1) is 0 Å². The highest BCUT2D eigenvalue weighted by atomic mass is 35.5. The van der Waals surface area contributed by atoms with Crippen LogP contribution in [0.5, 0.6) is 0 Å². The maximum absolute atomic E-state index is 12.0. The number of amides is 1. The van der Waals surface area contributed by atoms with Gasteiger partial charge in [0.1, 0.15) is 12.4 Å². The molecule has 8 heteroatoms. The molecular weight excluding hydrogens is 387 g/mol. The van der Waals surface area contributed by atoms with Gasteiger partial charge < -0.3 is 20.3 Å². The van der Waals surface area contributed by atoms with Gasteiger partial charge in [-0.05, 0) is 23.8 Å². The highest BCUT2D eigenvalue weighted by Crippen LogP contribution is 2.42. The number of aliphatic hydroxyl groups excluding tert-OH is 1. The molecule has 1 aliphatic heterocycles. The van der Waals surface area contributed by atoms with E-state index >= 15 is 0 Å². The Morgan fingerprint density at radius 2 is 2.22 bits per heavy atom. The Kier molecular flexibility index (Phi) is 4.72. The van der Waals surface area contributed by atoms with E-state index in [4.69, 9.17) is 23.2 Å². The van der Waals surface area contributed by atoms with Gasteiger partial charge in [-0.3, -0.25) is 4.79 Å². The minimum atomic E-state index is -0.494. The zero-order valence-corrected chi connectivity index (χ0v) is 16.2. The van der Waals surface area contributed by atoms with Crippen molar-refractivity contribution in [2.45, 2.75) is 13.0 Å². The van der Waals surface area contributed by atoms with Crippen LogP contribution >= 0.6 is 23.2 Å². The lowest BCUT2D eigenvalue weighted by Crippen LogP contribution is -2.37. The summed E-state index contributed by atoms with van der Waals surface area (Å²) in [6.07, 6.45) is 2.45. The van der Waals surface area contributed by atoms with Crippen molar-refractivity contribution in [3.05, 3.63) is 45.7 Å². The number of carbonyl (C=O) groups is 1. The first-order valence-electron chi connectivity index (χ1n) is 8.57. The van der Waals surface area contributed by atoms with E-state index in [1.54, 1.807) is 11.1 Å². The number of nitrogens with zero attached hydrogens (tertiary/aromatic N) is 2. The van der Waals surface area contributed by atoms with E-state index in [0.717, 1.165) is 39.1 Å². The lowest BCUT2D eigenvalue weighted by Gasteiger charge is -2.27. The smallest absolute Gasteiger partial charge is 0.248 e. The van der Waals surface area contributed by atoms with Crippen molar-refractivity contribution in [1.82, 2.24) is 14.9 Å². The Labute approximate surface area is 166 Å². The van der Waals surface area contributed by atoms with Gasteiger partial charge in [-0.2, -0.15) is 0 Å². The number of nitrogens with one attached hydrogen (secondary N) is 2. The van der Waals surface area contributed by atoms with Gasteiger partial charge in [0.2, 0.25) is 5.91 Å². The second-order valence-corrected chi connectivity index (χ2v) is 7.24. The monoisotopic (exact) mass is 404 g/mol. The van der Waals surface area contributed by atoms with Gasteiger partial charge in [-0.25, -0.2) is 4.98 Å². The average molecular weight is 405 g/mol. The molecular formula is C19H18Cl2N4O2. The number of halogens is 2. The van der Waals surface area contributed by atoms with Crippen molar-refractivity contribution in [3.63, 3.8) is 0 Å². The predicted molar refractivity (Wildman–Crippen MR) is 107 cm³/mol. The maximum Gasteiger partial charge on any atom is 0.248 e. The summed E-state index contributed by atoms with van der Waals surface area (Å²) in [5.41, 5.74) is 4.62. The molecule has 140 valence electrons. The molecule has 2 aromatic heterocycles. The summed E-state index contributed by atoms with van der Waals surface area (Å²) in [6.45, 7) is 0.479.